The van der Waals surface area contributed by atoms with Crippen LogP contribution in [0.25, 0.3) is 0 Å². The third kappa shape index (κ3) is 48.4. The lowest BCUT2D eigenvalue weighted by molar-refractivity contribution is -0.123. The smallest absolute Gasteiger partial charge is 0.391 e. The predicted octanol–water partition coefficient (Wildman–Crippen LogP) is 16.5. The number of hydrogen-bond donors (Lipinski definition) is 4. The van der Waals surface area contributed by atoms with E-state index in [4.69, 9.17) is 9.79 Å². The molecule has 0 radical (unpaired) electrons. The van der Waals surface area contributed by atoms with Crippen LogP contribution in [0.15, 0.2) is 0 Å². The molecule has 4 N–H and O–H groups in total. The lowest BCUT2D eigenvalue weighted by atomic mass is 10.0. The Hall–Kier alpha value is -0.460. The lowest BCUT2D eigenvalue weighted by Crippen LogP contribution is -2.46. The van der Waals surface area contributed by atoms with Crippen molar-refractivity contribution in [3.63, 3.8) is 0 Å². The maximum absolute atomic E-state index is 12.6. The van der Waals surface area contributed by atoms with Gasteiger partial charge in [-0.1, -0.05) is 284 Å². The first-order chi connectivity index (χ1) is 28.8. The highest BCUT2D eigenvalue weighted by molar-refractivity contribution is 7.46. The average molecular weight is 858 g/mol. The number of nitrogens with one attached hydrogen (secondary N) is 1. The van der Waals surface area contributed by atoms with E-state index >= 15 is 0 Å². The van der Waals surface area contributed by atoms with Crippen molar-refractivity contribution >= 4 is 13.7 Å². The molecule has 7 nitrogen and oxygen atoms in total. The summed E-state index contributed by atoms with van der Waals surface area (Å²) in [4.78, 5) is 30.9. The lowest BCUT2D eigenvalue weighted by Gasteiger charge is -2.24. The van der Waals surface area contributed by atoms with Crippen LogP contribution in [0.1, 0.15) is 303 Å². The highest BCUT2D eigenvalue weighted by Gasteiger charge is 2.25. The molecule has 2 atom stereocenters. The first-order valence-electron chi connectivity index (χ1n) is 26.5. The number of unbranched alkanes of at least 4 members (excludes halogenated alkanes) is 41. The normalized spacial score (nSPS) is 13.0. The molecule has 0 saturated carbocycles. The van der Waals surface area contributed by atoms with E-state index in [9.17, 15) is 14.5 Å². The van der Waals surface area contributed by atoms with E-state index in [1.165, 1.54) is 238 Å². The van der Waals surface area contributed by atoms with E-state index in [1.54, 1.807) is 0 Å². The number of carbonyl (C=O) groups excluding carboxylic acids is 1. The summed E-state index contributed by atoms with van der Waals surface area (Å²) in [5.74, 6) is -0.189. The number of aliphatic hydroxyl groups excluding tert-OH is 1. The number of aliphatic hydroxyl groups is 1. The zero-order valence-electron chi connectivity index (χ0n) is 39.7. The number of hydrogen-bond acceptors (Lipinski definition) is 4. The van der Waals surface area contributed by atoms with Crippen LogP contribution in [0.5, 0.6) is 0 Å². The third-order valence-electron chi connectivity index (χ3n) is 12.6. The minimum absolute atomic E-state index is 0.189. The summed E-state index contributed by atoms with van der Waals surface area (Å²) in [5, 5.41) is 13.5. The van der Waals surface area contributed by atoms with Gasteiger partial charge in [0.1, 0.15) is 0 Å². The molecule has 0 aliphatic heterocycles. The second kappa shape index (κ2) is 47.0. The maximum atomic E-state index is 12.6. The fourth-order valence-electron chi connectivity index (χ4n) is 8.59. The molecule has 0 aliphatic rings. The number of rotatable bonds is 50. The molecular weight excluding hydrogens is 754 g/mol. The number of phosphoric ester groups is 1. The van der Waals surface area contributed by atoms with E-state index in [0.29, 0.717) is 12.8 Å². The molecule has 59 heavy (non-hydrogen) atoms. The van der Waals surface area contributed by atoms with Gasteiger partial charge in [-0.25, -0.2) is 4.57 Å². The van der Waals surface area contributed by atoms with E-state index in [0.717, 1.165) is 38.5 Å². The van der Waals surface area contributed by atoms with Crippen LogP contribution >= 0.6 is 7.82 Å². The van der Waals surface area contributed by atoms with Crippen molar-refractivity contribution in [1.82, 2.24) is 5.32 Å². The van der Waals surface area contributed by atoms with Gasteiger partial charge >= 0.3 is 7.82 Å². The van der Waals surface area contributed by atoms with Crippen molar-refractivity contribution in [3.8, 4) is 0 Å². The molecule has 0 aromatic carbocycles. The summed E-state index contributed by atoms with van der Waals surface area (Å²) in [5.41, 5.74) is 0. The molecule has 354 valence electrons. The van der Waals surface area contributed by atoms with Gasteiger partial charge in [-0.3, -0.25) is 9.32 Å². The van der Waals surface area contributed by atoms with Crippen LogP contribution in [0.3, 0.4) is 0 Å². The fraction of sp³-hybridized carbons (Fsp3) is 0.980. The Kier molecular flexibility index (Phi) is 46.7. The second-order valence-corrected chi connectivity index (χ2v) is 19.8. The van der Waals surface area contributed by atoms with E-state index < -0.39 is 26.6 Å². The molecule has 0 unspecified atom stereocenters. The van der Waals surface area contributed by atoms with Gasteiger partial charge in [0, 0.05) is 6.42 Å². The maximum Gasteiger partial charge on any atom is 0.469 e. The molecule has 0 aromatic rings. The summed E-state index contributed by atoms with van der Waals surface area (Å²) in [6.07, 6.45) is 57.3. The molecule has 1 amide bonds. The van der Waals surface area contributed by atoms with Gasteiger partial charge in [-0.05, 0) is 12.8 Å². The van der Waals surface area contributed by atoms with Gasteiger partial charge in [0.15, 0.2) is 0 Å². The fourth-order valence-corrected chi connectivity index (χ4v) is 8.94. The average Bonchev–Trinajstić information content (AvgIpc) is 3.21. The van der Waals surface area contributed by atoms with Crippen molar-refractivity contribution in [2.45, 2.75) is 315 Å². The topological polar surface area (TPSA) is 116 Å². The van der Waals surface area contributed by atoms with Crippen molar-refractivity contribution in [3.05, 3.63) is 0 Å². The first kappa shape index (κ1) is 58.5. The Balaban J connectivity index is 3.53. The van der Waals surface area contributed by atoms with Gasteiger partial charge in [-0.2, -0.15) is 0 Å². The quantitative estimate of drug-likeness (QED) is 0.0358. The molecule has 0 fully saturated rings. The highest BCUT2D eigenvalue weighted by Crippen LogP contribution is 2.36. The number of amides is 1. The van der Waals surface area contributed by atoms with E-state index in [1.807, 2.05) is 0 Å². The van der Waals surface area contributed by atoms with Crippen molar-refractivity contribution in [2.24, 2.45) is 0 Å². The molecule has 0 bridgehead atoms. The Morgan fingerprint density at radius 3 is 0.915 bits per heavy atom. The Labute approximate surface area is 368 Å². The number of carbonyl (C=O) groups is 1. The Morgan fingerprint density at radius 1 is 0.424 bits per heavy atom. The van der Waals surface area contributed by atoms with Crippen molar-refractivity contribution < 1.29 is 28.8 Å². The van der Waals surface area contributed by atoms with Crippen molar-refractivity contribution in [1.29, 1.82) is 0 Å². The van der Waals surface area contributed by atoms with Gasteiger partial charge in [-0.15, -0.1) is 0 Å². The third-order valence-corrected chi connectivity index (χ3v) is 13.1. The predicted molar refractivity (Wildman–Crippen MR) is 255 cm³/mol. The Bertz CT molecular complexity index is 884. The molecule has 0 spiro atoms. The summed E-state index contributed by atoms with van der Waals surface area (Å²) >= 11 is 0. The van der Waals surface area contributed by atoms with Crippen LogP contribution in [0.4, 0.5) is 0 Å². The van der Waals surface area contributed by atoms with Gasteiger partial charge in [0.2, 0.25) is 5.91 Å². The SMILES string of the molecule is CCCCCCCCCCCCCCCCCCCCCCCCCCCCCCCCCCCCC(=O)N[C@@H](COP(=O)(O)O)[C@H](O)CCCCCCCCCCC. The van der Waals surface area contributed by atoms with E-state index in [2.05, 4.69) is 23.7 Å². The highest BCUT2D eigenvalue weighted by atomic mass is 31.2. The summed E-state index contributed by atoms with van der Waals surface area (Å²) < 4.78 is 15.9. The first-order valence-corrected chi connectivity index (χ1v) is 28.0. The molecule has 0 aliphatic carbocycles. The molecular formula is C51H104NO6P. The zero-order valence-corrected chi connectivity index (χ0v) is 40.6. The minimum Gasteiger partial charge on any atom is -0.391 e. The number of phosphoric acid groups is 1. The van der Waals surface area contributed by atoms with Gasteiger partial charge in [0.05, 0.1) is 18.8 Å². The van der Waals surface area contributed by atoms with Crippen LogP contribution < -0.4 is 5.32 Å². The molecule has 8 heteroatoms. The second-order valence-electron chi connectivity index (χ2n) is 18.6. The van der Waals surface area contributed by atoms with Crippen LogP contribution in [-0.2, 0) is 13.9 Å². The molecule has 0 heterocycles. The summed E-state index contributed by atoms with van der Waals surface area (Å²) in [7, 11) is -4.68. The van der Waals surface area contributed by atoms with Crippen molar-refractivity contribution in [2.75, 3.05) is 6.61 Å². The standard InChI is InChI=1S/C51H104NO6P/c1-3-5-7-9-11-13-14-15-16-17-18-19-20-21-22-23-24-25-26-27-28-29-30-31-32-33-34-35-36-37-39-41-43-45-47-51(54)52-49(48-58-59(55,56)57)50(53)46-44-42-40-38-12-10-8-6-4-2/h49-50,53H,3-48H2,1-2H3,(H,52,54)(H2,55,56,57)/t49-,50+/m0/s1. The summed E-state index contributed by atoms with van der Waals surface area (Å²) in [6.45, 7) is 4.13. The van der Waals surface area contributed by atoms with E-state index in [-0.39, 0.29) is 5.91 Å². The zero-order chi connectivity index (χ0) is 43.2. The van der Waals surface area contributed by atoms with Gasteiger partial charge in [0.25, 0.3) is 0 Å². The van der Waals surface area contributed by atoms with Crippen LogP contribution in [0.2, 0.25) is 0 Å². The molecule has 0 saturated heterocycles. The van der Waals surface area contributed by atoms with Gasteiger partial charge < -0.3 is 20.2 Å². The summed E-state index contributed by atoms with van der Waals surface area (Å²) in [6, 6.07) is -0.817. The van der Waals surface area contributed by atoms with Crippen LogP contribution in [-0.4, -0.2) is 39.6 Å². The minimum atomic E-state index is -4.68. The largest absolute Gasteiger partial charge is 0.469 e. The molecule has 0 aromatic heterocycles. The van der Waals surface area contributed by atoms with Crippen LogP contribution in [0, 0.1) is 0 Å². The monoisotopic (exact) mass is 858 g/mol. The Morgan fingerprint density at radius 2 is 0.661 bits per heavy atom. The molecule has 0 rings (SSSR count).